The zero-order valence-electron chi connectivity index (χ0n) is 14.9. The fourth-order valence-corrected chi connectivity index (χ4v) is 4.17. The van der Waals surface area contributed by atoms with Crippen LogP contribution in [-0.2, 0) is 16.0 Å². The highest BCUT2D eigenvalue weighted by molar-refractivity contribution is 8.26. The summed E-state index contributed by atoms with van der Waals surface area (Å²) in [6.45, 7) is 0. The van der Waals surface area contributed by atoms with Crippen molar-refractivity contribution < 1.29 is 24.5 Å². The Morgan fingerprint density at radius 2 is 2.00 bits per heavy atom. The van der Waals surface area contributed by atoms with Crippen molar-refractivity contribution in [2.75, 3.05) is 7.11 Å². The van der Waals surface area contributed by atoms with E-state index >= 15 is 0 Å². The lowest BCUT2D eigenvalue weighted by Gasteiger charge is -2.23. The number of thiocarbonyl (C=S) groups is 1. The number of carbonyl (C=O) groups is 2. The van der Waals surface area contributed by atoms with Gasteiger partial charge in [0.1, 0.15) is 10.4 Å². The summed E-state index contributed by atoms with van der Waals surface area (Å²) < 4.78 is 5.27. The topological polar surface area (TPSA) is 87.1 Å². The fraction of sp³-hybridized carbons (Fsp3) is 0.150. The number of carboxylic acid groups (broad SMARTS) is 1. The third-order valence-electron chi connectivity index (χ3n) is 4.19. The number of hydrogen-bond donors (Lipinski definition) is 2. The largest absolute Gasteiger partial charge is 0.504 e. The van der Waals surface area contributed by atoms with Gasteiger partial charge in [0.15, 0.2) is 11.5 Å². The Hall–Kier alpha value is -2.84. The zero-order chi connectivity index (χ0) is 20.3. The van der Waals surface area contributed by atoms with E-state index in [4.69, 9.17) is 17.0 Å². The van der Waals surface area contributed by atoms with Crippen LogP contribution in [0.3, 0.4) is 0 Å². The number of amides is 1. The van der Waals surface area contributed by atoms with Gasteiger partial charge in [-0.15, -0.1) is 0 Å². The minimum atomic E-state index is -1.12. The summed E-state index contributed by atoms with van der Waals surface area (Å²) in [5.41, 5.74) is 1.43. The number of nitrogens with zero attached hydrogens (tertiary/aromatic N) is 1. The molecule has 2 aromatic rings. The van der Waals surface area contributed by atoms with Crippen molar-refractivity contribution in [1.82, 2.24) is 4.90 Å². The molecule has 1 aliphatic heterocycles. The Labute approximate surface area is 171 Å². The fourth-order valence-electron chi connectivity index (χ4n) is 2.81. The van der Waals surface area contributed by atoms with Crippen LogP contribution in [0.1, 0.15) is 11.1 Å². The number of rotatable bonds is 6. The van der Waals surface area contributed by atoms with E-state index in [1.165, 1.54) is 13.2 Å². The van der Waals surface area contributed by atoms with E-state index in [2.05, 4.69) is 0 Å². The van der Waals surface area contributed by atoms with E-state index in [-0.39, 0.29) is 22.2 Å². The van der Waals surface area contributed by atoms with Gasteiger partial charge in [-0.25, -0.2) is 4.79 Å². The van der Waals surface area contributed by atoms with Crippen LogP contribution < -0.4 is 4.74 Å². The number of hydrogen-bond acceptors (Lipinski definition) is 6. The lowest BCUT2D eigenvalue weighted by Crippen LogP contribution is -2.45. The minimum Gasteiger partial charge on any atom is -0.504 e. The van der Waals surface area contributed by atoms with Crippen molar-refractivity contribution in [2.24, 2.45) is 0 Å². The molecule has 2 N–H and O–H groups in total. The second kappa shape index (κ2) is 8.45. The number of ether oxygens (including phenoxy) is 1. The van der Waals surface area contributed by atoms with Crippen LogP contribution in [0.4, 0.5) is 0 Å². The number of thioether (sulfide) groups is 1. The maximum absolute atomic E-state index is 12.9. The quantitative estimate of drug-likeness (QED) is 0.553. The summed E-state index contributed by atoms with van der Waals surface area (Å²) >= 11 is 6.34. The van der Waals surface area contributed by atoms with Gasteiger partial charge in [-0.1, -0.05) is 60.4 Å². The normalized spacial score (nSPS) is 16.5. The highest BCUT2D eigenvalue weighted by Gasteiger charge is 2.40. The summed E-state index contributed by atoms with van der Waals surface area (Å²) in [7, 11) is 1.43. The Morgan fingerprint density at radius 3 is 2.64 bits per heavy atom. The second-order valence-corrected chi connectivity index (χ2v) is 7.70. The molecular weight excluding hydrogens is 398 g/mol. The number of benzene rings is 2. The third-order valence-corrected chi connectivity index (χ3v) is 5.52. The summed E-state index contributed by atoms with van der Waals surface area (Å²) in [6.07, 6.45) is 1.76. The van der Waals surface area contributed by atoms with Crippen molar-refractivity contribution in [2.45, 2.75) is 12.5 Å². The molecule has 0 bridgehead atoms. The van der Waals surface area contributed by atoms with Gasteiger partial charge in [0.25, 0.3) is 5.91 Å². The number of methoxy groups -OCH3 is 1. The summed E-state index contributed by atoms with van der Waals surface area (Å²) in [6, 6.07) is 12.7. The first-order chi connectivity index (χ1) is 13.4. The van der Waals surface area contributed by atoms with Crippen molar-refractivity contribution >= 4 is 46.3 Å². The molecular formula is C20H17NO5S2. The number of phenols is 1. The smallest absolute Gasteiger partial charge is 0.327 e. The Balaban J connectivity index is 1.88. The minimum absolute atomic E-state index is 0.0130. The Morgan fingerprint density at radius 1 is 1.29 bits per heavy atom. The lowest BCUT2D eigenvalue weighted by atomic mass is 10.0. The molecule has 1 unspecified atom stereocenters. The first kappa shape index (κ1) is 19.9. The standard InChI is InChI=1S/C20H17NO5S2/c1-26-16-10-13(7-8-15(16)22)11-17-18(23)21(20(27)28-17)14(19(24)25)9-12-5-3-2-4-6-12/h2-8,10-11,14,22H,9H2,1H3,(H,24,25). The molecule has 28 heavy (non-hydrogen) atoms. The monoisotopic (exact) mass is 415 g/mol. The zero-order valence-corrected chi connectivity index (χ0v) is 16.5. The maximum atomic E-state index is 12.9. The molecule has 0 saturated carbocycles. The molecule has 2 aromatic carbocycles. The van der Waals surface area contributed by atoms with Crippen molar-refractivity contribution in [3.05, 3.63) is 64.6 Å². The predicted molar refractivity (Wildman–Crippen MR) is 111 cm³/mol. The summed E-state index contributed by atoms with van der Waals surface area (Å²) in [5.74, 6) is -1.31. The molecule has 1 fully saturated rings. The van der Waals surface area contributed by atoms with Crippen LogP contribution in [0, 0.1) is 0 Å². The summed E-state index contributed by atoms with van der Waals surface area (Å²) in [4.78, 5) is 26.2. The molecule has 0 spiro atoms. The van der Waals surface area contributed by atoms with Crippen LogP contribution in [0.15, 0.2) is 53.4 Å². The highest BCUT2D eigenvalue weighted by atomic mass is 32.2. The molecule has 3 rings (SSSR count). The van der Waals surface area contributed by atoms with E-state index in [0.29, 0.717) is 10.5 Å². The molecule has 0 aromatic heterocycles. The molecule has 8 heteroatoms. The van der Waals surface area contributed by atoms with E-state index in [1.54, 1.807) is 18.2 Å². The van der Waals surface area contributed by atoms with Gasteiger partial charge in [0.2, 0.25) is 0 Å². The molecule has 1 atom stereocenters. The van der Waals surface area contributed by atoms with Crippen molar-refractivity contribution in [3.8, 4) is 11.5 Å². The first-order valence-electron chi connectivity index (χ1n) is 8.31. The molecule has 0 aliphatic carbocycles. The van der Waals surface area contributed by atoms with Gasteiger partial charge in [-0.05, 0) is 29.3 Å². The van der Waals surface area contributed by atoms with Gasteiger partial charge < -0.3 is 14.9 Å². The van der Waals surface area contributed by atoms with Gasteiger partial charge in [-0.3, -0.25) is 9.69 Å². The second-order valence-electron chi connectivity index (χ2n) is 6.03. The van der Waals surface area contributed by atoms with E-state index in [1.807, 2.05) is 30.3 Å². The van der Waals surface area contributed by atoms with Gasteiger partial charge in [-0.2, -0.15) is 0 Å². The molecule has 1 heterocycles. The van der Waals surface area contributed by atoms with Gasteiger partial charge >= 0.3 is 5.97 Å². The maximum Gasteiger partial charge on any atom is 0.327 e. The van der Waals surface area contributed by atoms with E-state index < -0.39 is 17.9 Å². The van der Waals surface area contributed by atoms with Crippen LogP contribution in [0.5, 0.6) is 11.5 Å². The SMILES string of the molecule is COc1cc(C=C2SC(=S)N(C(Cc3ccccc3)C(=O)O)C2=O)ccc1O. The Bertz CT molecular complexity index is 958. The van der Waals surface area contributed by atoms with Gasteiger partial charge in [0, 0.05) is 6.42 Å². The average molecular weight is 415 g/mol. The van der Waals surface area contributed by atoms with Crippen molar-refractivity contribution in [3.63, 3.8) is 0 Å². The van der Waals surface area contributed by atoms with Crippen LogP contribution in [-0.4, -0.2) is 44.5 Å². The van der Waals surface area contributed by atoms with E-state index in [0.717, 1.165) is 22.2 Å². The molecule has 1 amide bonds. The van der Waals surface area contributed by atoms with Crippen LogP contribution in [0.25, 0.3) is 6.08 Å². The number of carbonyl (C=O) groups excluding carboxylic acids is 1. The van der Waals surface area contributed by atoms with Gasteiger partial charge in [0.05, 0.1) is 12.0 Å². The Kier molecular flexibility index (Phi) is 6.01. The number of aromatic hydroxyl groups is 1. The van der Waals surface area contributed by atoms with Crippen molar-refractivity contribution in [1.29, 1.82) is 0 Å². The van der Waals surface area contributed by atoms with Crippen LogP contribution >= 0.6 is 24.0 Å². The lowest BCUT2D eigenvalue weighted by molar-refractivity contribution is -0.145. The number of phenolic OH excluding ortho intramolecular Hbond substituents is 1. The van der Waals surface area contributed by atoms with Crippen LogP contribution in [0.2, 0.25) is 0 Å². The number of aliphatic carboxylic acids is 1. The molecule has 0 radical (unpaired) electrons. The van der Waals surface area contributed by atoms with E-state index in [9.17, 15) is 19.8 Å². The molecule has 144 valence electrons. The number of carboxylic acids is 1. The first-order valence-corrected chi connectivity index (χ1v) is 9.54. The highest BCUT2D eigenvalue weighted by Crippen LogP contribution is 2.36. The third kappa shape index (κ3) is 4.18. The average Bonchev–Trinajstić information content (AvgIpc) is 2.95. The molecule has 1 saturated heterocycles. The molecule has 1 aliphatic rings. The predicted octanol–water partition coefficient (Wildman–Crippen LogP) is 3.30. The summed E-state index contributed by atoms with van der Waals surface area (Å²) in [5, 5.41) is 19.4. The molecule has 6 nitrogen and oxygen atoms in total.